The normalized spacial score (nSPS) is 23.9. The van der Waals surface area contributed by atoms with Crippen LogP contribution >= 0.6 is 15.9 Å². The van der Waals surface area contributed by atoms with Crippen LogP contribution < -0.4 is 10.6 Å². The van der Waals surface area contributed by atoms with E-state index in [4.69, 9.17) is 10.5 Å². The second-order valence-corrected chi connectivity index (χ2v) is 8.91. The summed E-state index contributed by atoms with van der Waals surface area (Å²) in [7, 11) is 1.95. The number of ether oxygens (including phenoxy) is 1. The second-order valence-electron chi connectivity index (χ2n) is 8.11. The zero-order valence-electron chi connectivity index (χ0n) is 17.6. The van der Waals surface area contributed by atoms with Crippen LogP contribution in [0.2, 0.25) is 0 Å². The Labute approximate surface area is 190 Å². The average molecular weight is 492 g/mol. The first-order valence-electron chi connectivity index (χ1n) is 10.6. The summed E-state index contributed by atoms with van der Waals surface area (Å²) in [5.74, 6) is 0.422. The molecule has 0 aromatic heterocycles. The predicted octanol–water partition coefficient (Wildman–Crippen LogP) is 3.44. The third kappa shape index (κ3) is 4.82. The van der Waals surface area contributed by atoms with Crippen molar-refractivity contribution in [2.24, 2.45) is 15.7 Å². The summed E-state index contributed by atoms with van der Waals surface area (Å²) in [6, 6.07) is 1.96. The summed E-state index contributed by atoms with van der Waals surface area (Å²) in [6.07, 6.45) is 7.70. The first-order valence-corrected chi connectivity index (χ1v) is 11.4. The molecule has 3 aliphatic rings. The first kappa shape index (κ1) is 22.0. The van der Waals surface area contributed by atoms with Crippen molar-refractivity contribution in [1.82, 2.24) is 4.90 Å². The lowest BCUT2D eigenvalue weighted by atomic mass is 10.1. The molecule has 7 nitrogen and oxygen atoms in total. The van der Waals surface area contributed by atoms with Crippen LogP contribution in [0.4, 0.5) is 15.8 Å². The van der Waals surface area contributed by atoms with Crippen LogP contribution in [0.15, 0.2) is 32.3 Å². The number of carbonyl (C=O) groups excluding carboxylic acids is 1. The summed E-state index contributed by atoms with van der Waals surface area (Å²) in [5, 5.41) is 0. The highest BCUT2D eigenvalue weighted by atomic mass is 79.9. The molecule has 2 N–H and O–H groups in total. The molecule has 0 amide bonds. The van der Waals surface area contributed by atoms with E-state index in [1.807, 2.05) is 16.8 Å². The number of likely N-dealkylation sites (tertiary alicyclic amines) is 1. The quantitative estimate of drug-likeness (QED) is 0.486. The van der Waals surface area contributed by atoms with Gasteiger partial charge in [0.2, 0.25) is 0 Å². The number of rotatable bonds is 6. The van der Waals surface area contributed by atoms with Crippen molar-refractivity contribution in [1.29, 1.82) is 0 Å². The summed E-state index contributed by atoms with van der Waals surface area (Å²) in [6.45, 7) is 2.25. The third-order valence-corrected chi connectivity index (χ3v) is 6.57. The molecule has 2 heterocycles. The number of nitrogens with zero attached hydrogens (tertiary/aromatic N) is 4. The number of anilines is 1. The maximum Gasteiger partial charge on any atom is 0.162 e. The van der Waals surface area contributed by atoms with Gasteiger partial charge < -0.3 is 20.3 Å². The molecule has 166 valence electrons. The molecule has 1 saturated carbocycles. The van der Waals surface area contributed by atoms with Crippen LogP contribution in [-0.2, 0) is 4.74 Å². The highest BCUT2D eigenvalue weighted by Gasteiger charge is 2.28. The highest BCUT2D eigenvalue weighted by molar-refractivity contribution is 9.10. The fourth-order valence-corrected chi connectivity index (χ4v) is 4.36. The van der Waals surface area contributed by atoms with Crippen molar-refractivity contribution in [3.05, 3.63) is 33.7 Å². The SMILES string of the molecule is CN1CCCC1=Nc1c(C=O)cc(N2CCOC(/C(C=NC3CC3)=C/N)C2)c(F)c1Br. The van der Waals surface area contributed by atoms with Gasteiger partial charge in [-0.2, -0.15) is 0 Å². The summed E-state index contributed by atoms with van der Waals surface area (Å²) in [5.41, 5.74) is 7.62. The molecular formula is C22H27BrFN5O2. The molecule has 2 aliphatic heterocycles. The van der Waals surface area contributed by atoms with Crippen LogP contribution in [0, 0.1) is 5.82 Å². The Hall–Kier alpha value is -2.26. The van der Waals surface area contributed by atoms with E-state index in [9.17, 15) is 4.79 Å². The molecule has 0 radical (unpaired) electrons. The maximum atomic E-state index is 15.4. The lowest BCUT2D eigenvalue weighted by molar-refractivity contribution is 0.0677. The third-order valence-electron chi connectivity index (χ3n) is 5.85. The monoisotopic (exact) mass is 491 g/mol. The molecule has 9 heteroatoms. The van der Waals surface area contributed by atoms with E-state index in [0.29, 0.717) is 42.7 Å². The van der Waals surface area contributed by atoms with Crippen molar-refractivity contribution in [2.45, 2.75) is 37.8 Å². The number of hydrogen-bond acceptors (Lipinski definition) is 6. The van der Waals surface area contributed by atoms with Gasteiger partial charge in [0.05, 0.1) is 28.5 Å². The Balaban J connectivity index is 1.61. The van der Waals surface area contributed by atoms with Crippen molar-refractivity contribution < 1.29 is 13.9 Å². The van der Waals surface area contributed by atoms with Crippen molar-refractivity contribution >= 4 is 45.6 Å². The van der Waals surface area contributed by atoms with Gasteiger partial charge in [-0.15, -0.1) is 0 Å². The van der Waals surface area contributed by atoms with E-state index in [2.05, 4.69) is 25.9 Å². The molecular weight excluding hydrogens is 465 g/mol. The van der Waals surface area contributed by atoms with Crippen LogP contribution in [0.5, 0.6) is 0 Å². The van der Waals surface area contributed by atoms with Crippen molar-refractivity contribution in [3.63, 3.8) is 0 Å². The minimum Gasteiger partial charge on any atom is -0.404 e. The lowest BCUT2D eigenvalue weighted by Crippen LogP contribution is -2.44. The number of morpholine rings is 1. The molecule has 0 spiro atoms. The Kier molecular flexibility index (Phi) is 6.71. The Bertz CT molecular complexity index is 944. The second kappa shape index (κ2) is 9.48. The number of amidine groups is 1. The minimum atomic E-state index is -0.434. The van der Waals surface area contributed by atoms with Gasteiger partial charge in [0, 0.05) is 56.7 Å². The summed E-state index contributed by atoms with van der Waals surface area (Å²) >= 11 is 3.35. The van der Waals surface area contributed by atoms with E-state index in [1.165, 1.54) is 6.20 Å². The largest absolute Gasteiger partial charge is 0.404 e. The average Bonchev–Trinajstić information content (AvgIpc) is 3.53. The fourth-order valence-electron chi connectivity index (χ4n) is 3.84. The van der Waals surface area contributed by atoms with Gasteiger partial charge in [-0.3, -0.25) is 9.79 Å². The summed E-state index contributed by atoms with van der Waals surface area (Å²) in [4.78, 5) is 24.8. The zero-order chi connectivity index (χ0) is 22.0. The van der Waals surface area contributed by atoms with E-state index < -0.39 is 5.82 Å². The van der Waals surface area contributed by atoms with E-state index >= 15 is 4.39 Å². The van der Waals surface area contributed by atoms with Gasteiger partial charge in [-0.25, -0.2) is 9.38 Å². The van der Waals surface area contributed by atoms with Gasteiger partial charge in [-0.1, -0.05) is 0 Å². The number of benzene rings is 1. The zero-order valence-corrected chi connectivity index (χ0v) is 19.1. The minimum absolute atomic E-state index is 0.202. The van der Waals surface area contributed by atoms with E-state index in [-0.39, 0.29) is 10.6 Å². The standard InChI is InChI=1S/C22H27BrFN5O2/c1-28-6-2-3-19(28)27-22-14(13-30)9-17(21(24)20(22)23)29-7-8-31-18(12-29)15(10-25)11-26-16-4-5-16/h9-11,13,16,18H,2-8,12,25H2,1H3/b15-10+,26-11?,27-19?. The Morgan fingerprint density at radius 1 is 1.39 bits per heavy atom. The molecule has 3 fully saturated rings. The number of carbonyl (C=O) groups is 1. The number of nitrogens with two attached hydrogens (primary N) is 1. The van der Waals surface area contributed by atoms with Crippen LogP contribution in [0.25, 0.3) is 0 Å². The van der Waals surface area contributed by atoms with Crippen LogP contribution in [0.1, 0.15) is 36.0 Å². The van der Waals surface area contributed by atoms with Crippen LogP contribution in [0.3, 0.4) is 0 Å². The predicted molar refractivity (Wildman–Crippen MR) is 124 cm³/mol. The molecule has 31 heavy (non-hydrogen) atoms. The van der Waals surface area contributed by atoms with E-state index in [0.717, 1.165) is 49.9 Å². The molecule has 1 aromatic carbocycles. The molecule has 1 aromatic rings. The molecule has 1 aliphatic carbocycles. The van der Waals surface area contributed by atoms with Gasteiger partial charge in [-0.05, 0) is 41.3 Å². The molecule has 0 bridgehead atoms. The highest BCUT2D eigenvalue weighted by Crippen LogP contribution is 2.38. The molecule has 1 atom stereocenters. The van der Waals surface area contributed by atoms with Gasteiger partial charge in [0.25, 0.3) is 0 Å². The summed E-state index contributed by atoms with van der Waals surface area (Å²) < 4.78 is 21.5. The molecule has 1 unspecified atom stereocenters. The topological polar surface area (TPSA) is 83.5 Å². The molecule has 2 saturated heterocycles. The van der Waals surface area contributed by atoms with Gasteiger partial charge in [0.15, 0.2) is 12.1 Å². The number of aldehydes is 1. The first-order chi connectivity index (χ1) is 15.0. The van der Waals surface area contributed by atoms with Crippen molar-refractivity contribution in [2.75, 3.05) is 38.2 Å². The van der Waals surface area contributed by atoms with Crippen LogP contribution in [-0.4, -0.2) is 68.7 Å². The number of halogens is 2. The van der Waals surface area contributed by atoms with Gasteiger partial charge in [0.1, 0.15) is 11.9 Å². The Morgan fingerprint density at radius 3 is 2.84 bits per heavy atom. The van der Waals surface area contributed by atoms with Gasteiger partial charge >= 0.3 is 0 Å². The Morgan fingerprint density at radius 2 is 2.19 bits per heavy atom. The smallest absolute Gasteiger partial charge is 0.162 e. The van der Waals surface area contributed by atoms with Crippen molar-refractivity contribution in [3.8, 4) is 0 Å². The maximum absolute atomic E-state index is 15.4. The number of hydrogen-bond donors (Lipinski definition) is 1. The lowest BCUT2D eigenvalue weighted by Gasteiger charge is -2.35. The number of aliphatic imine (C=N–C) groups is 2. The van der Waals surface area contributed by atoms with E-state index in [1.54, 1.807) is 12.3 Å². The molecule has 4 rings (SSSR count). The fraction of sp³-hybridized carbons (Fsp3) is 0.500.